The maximum atomic E-state index is 11.6. The lowest BCUT2D eigenvalue weighted by Gasteiger charge is -2.30. The number of esters is 3. The van der Waals surface area contributed by atoms with Gasteiger partial charge in [-0.2, -0.15) is 0 Å². The van der Waals surface area contributed by atoms with Crippen molar-refractivity contribution in [2.45, 2.75) is 63.5 Å². The summed E-state index contributed by atoms with van der Waals surface area (Å²) < 4.78 is 37.6. The van der Waals surface area contributed by atoms with Crippen molar-refractivity contribution in [3.8, 4) is 0 Å². The number of carbonyl (C=O) groups is 3. The SMILES string of the molecule is C=C(C)C(=O)OCC(O)CO[C@H]1[C@@H]([C@@H](CO)OCC(O)COC(=O)C(=C)C)OC[C@@H]1OCC(O)COC(=O)C(=C)C. The quantitative estimate of drug-likeness (QED) is 0.0763. The summed E-state index contributed by atoms with van der Waals surface area (Å²) in [5, 5.41) is 40.5. The second-order valence-electron chi connectivity index (χ2n) is 9.62. The Morgan fingerprint density at radius 3 is 1.56 bits per heavy atom. The van der Waals surface area contributed by atoms with E-state index in [-0.39, 0.29) is 63.0 Å². The first-order valence-electron chi connectivity index (χ1n) is 12.9. The summed E-state index contributed by atoms with van der Waals surface area (Å²) in [7, 11) is 0. The van der Waals surface area contributed by atoms with Crippen LogP contribution >= 0.6 is 0 Å². The number of ether oxygens (including phenoxy) is 7. The zero-order valence-corrected chi connectivity index (χ0v) is 23.7. The molecular weight excluding hydrogens is 548 g/mol. The largest absolute Gasteiger partial charge is 0.460 e. The molecule has 7 atom stereocenters. The van der Waals surface area contributed by atoms with Gasteiger partial charge in [0.05, 0.1) is 33.0 Å². The van der Waals surface area contributed by atoms with Gasteiger partial charge < -0.3 is 53.6 Å². The topological polar surface area (TPSA) is 197 Å². The van der Waals surface area contributed by atoms with E-state index in [2.05, 4.69) is 19.7 Å². The highest BCUT2D eigenvalue weighted by Gasteiger charge is 2.44. The van der Waals surface area contributed by atoms with Crippen LogP contribution in [0.1, 0.15) is 20.8 Å². The predicted octanol–water partition coefficient (Wildman–Crippen LogP) is -1.03. The molecule has 0 spiro atoms. The molecule has 0 saturated carbocycles. The fourth-order valence-electron chi connectivity index (χ4n) is 3.24. The maximum Gasteiger partial charge on any atom is 0.333 e. The van der Waals surface area contributed by atoms with Crippen LogP contribution in [0.3, 0.4) is 0 Å². The summed E-state index contributed by atoms with van der Waals surface area (Å²) in [5.74, 6) is -2.04. The average Bonchev–Trinajstić information content (AvgIpc) is 3.33. The minimum absolute atomic E-state index is 0.0625. The molecule has 0 aromatic heterocycles. The Hall–Kier alpha value is -2.69. The molecule has 41 heavy (non-hydrogen) atoms. The molecule has 0 amide bonds. The van der Waals surface area contributed by atoms with Gasteiger partial charge in [-0.15, -0.1) is 0 Å². The van der Waals surface area contributed by atoms with E-state index >= 15 is 0 Å². The zero-order chi connectivity index (χ0) is 31.1. The van der Waals surface area contributed by atoms with Crippen LogP contribution in [-0.4, -0.2) is 134 Å². The minimum atomic E-state index is -1.23. The van der Waals surface area contributed by atoms with Crippen LogP contribution in [0.2, 0.25) is 0 Å². The molecule has 1 aliphatic heterocycles. The molecule has 234 valence electrons. The lowest BCUT2D eigenvalue weighted by atomic mass is 10.1. The first kappa shape index (κ1) is 36.3. The Balaban J connectivity index is 2.82. The number of aliphatic hydroxyl groups excluding tert-OH is 4. The molecule has 0 bridgehead atoms. The third-order valence-corrected chi connectivity index (χ3v) is 5.44. The van der Waals surface area contributed by atoms with Gasteiger partial charge in [-0.3, -0.25) is 0 Å². The van der Waals surface area contributed by atoms with Gasteiger partial charge in [0.25, 0.3) is 0 Å². The predicted molar refractivity (Wildman–Crippen MR) is 141 cm³/mol. The van der Waals surface area contributed by atoms with Crippen molar-refractivity contribution < 1.29 is 68.0 Å². The molecular formula is C27H42O14. The molecule has 1 heterocycles. The Morgan fingerprint density at radius 1 is 0.732 bits per heavy atom. The smallest absolute Gasteiger partial charge is 0.333 e. The number of carbonyl (C=O) groups excluding carboxylic acids is 3. The van der Waals surface area contributed by atoms with E-state index in [1.54, 1.807) is 0 Å². The van der Waals surface area contributed by atoms with Crippen molar-refractivity contribution in [3.63, 3.8) is 0 Å². The van der Waals surface area contributed by atoms with Crippen molar-refractivity contribution in [2.24, 2.45) is 0 Å². The fraction of sp³-hybridized carbons (Fsp3) is 0.667. The molecule has 14 nitrogen and oxygen atoms in total. The van der Waals surface area contributed by atoms with Gasteiger partial charge >= 0.3 is 17.9 Å². The summed E-state index contributed by atoms with van der Waals surface area (Å²) in [6.45, 7) is 12.1. The average molecular weight is 591 g/mol. The molecule has 0 aliphatic carbocycles. The molecule has 0 aromatic rings. The van der Waals surface area contributed by atoms with Gasteiger partial charge in [-0.1, -0.05) is 19.7 Å². The molecule has 1 fully saturated rings. The second kappa shape index (κ2) is 18.7. The highest BCUT2D eigenvalue weighted by molar-refractivity contribution is 5.87. The highest BCUT2D eigenvalue weighted by Crippen LogP contribution is 2.25. The van der Waals surface area contributed by atoms with E-state index in [1.807, 2.05) is 0 Å². The monoisotopic (exact) mass is 590 g/mol. The molecule has 4 N–H and O–H groups in total. The Labute approximate surface area is 239 Å². The van der Waals surface area contributed by atoms with E-state index in [1.165, 1.54) is 20.8 Å². The number of rotatable bonds is 20. The van der Waals surface area contributed by atoms with Crippen molar-refractivity contribution in [1.29, 1.82) is 0 Å². The molecule has 0 radical (unpaired) electrons. The number of hydrogen-bond donors (Lipinski definition) is 4. The van der Waals surface area contributed by atoms with Gasteiger partial charge in [0.2, 0.25) is 0 Å². The maximum absolute atomic E-state index is 11.6. The summed E-state index contributed by atoms with van der Waals surface area (Å²) in [4.78, 5) is 34.7. The molecule has 1 rings (SSSR count). The lowest BCUT2D eigenvalue weighted by molar-refractivity contribution is -0.157. The molecule has 1 aliphatic rings. The number of hydrogen-bond acceptors (Lipinski definition) is 14. The normalized spacial score (nSPS) is 21.3. The minimum Gasteiger partial charge on any atom is -0.460 e. The lowest BCUT2D eigenvalue weighted by Crippen LogP contribution is -2.47. The molecule has 3 unspecified atom stereocenters. The van der Waals surface area contributed by atoms with Crippen molar-refractivity contribution in [1.82, 2.24) is 0 Å². The van der Waals surface area contributed by atoms with Crippen LogP contribution in [-0.2, 0) is 47.5 Å². The summed E-state index contributed by atoms with van der Waals surface area (Å²) in [6.07, 6.45) is -7.42. The fourth-order valence-corrected chi connectivity index (χ4v) is 3.24. The summed E-state index contributed by atoms with van der Waals surface area (Å²) in [5.41, 5.74) is 0.482. The van der Waals surface area contributed by atoms with Crippen LogP contribution in [0.15, 0.2) is 36.5 Å². The van der Waals surface area contributed by atoms with Crippen LogP contribution in [0.25, 0.3) is 0 Å². The van der Waals surface area contributed by atoms with Crippen molar-refractivity contribution in [3.05, 3.63) is 36.5 Å². The van der Waals surface area contributed by atoms with Crippen molar-refractivity contribution >= 4 is 17.9 Å². The number of aliphatic hydroxyl groups is 4. The summed E-state index contributed by atoms with van der Waals surface area (Å²) >= 11 is 0. The van der Waals surface area contributed by atoms with Gasteiger partial charge in [-0.25, -0.2) is 14.4 Å². The third kappa shape index (κ3) is 13.7. The van der Waals surface area contributed by atoms with Gasteiger partial charge in [0.15, 0.2) is 0 Å². The van der Waals surface area contributed by atoms with E-state index in [9.17, 15) is 34.8 Å². The first-order valence-corrected chi connectivity index (χ1v) is 12.9. The molecule has 14 heteroatoms. The van der Waals surface area contributed by atoms with E-state index in [0.29, 0.717) is 0 Å². The molecule has 0 aromatic carbocycles. The van der Waals surface area contributed by atoms with Gasteiger partial charge in [0, 0.05) is 16.7 Å². The van der Waals surface area contributed by atoms with Crippen LogP contribution in [0.5, 0.6) is 0 Å². The van der Waals surface area contributed by atoms with Crippen LogP contribution in [0.4, 0.5) is 0 Å². The first-order chi connectivity index (χ1) is 19.3. The van der Waals surface area contributed by atoms with Crippen LogP contribution < -0.4 is 0 Å². The second-order valence-corrected chi connectivity index (χ2v) is 9.62. The Kier molecular flexibility index (Phi) is 16.6. The van der Waals surface area contributed by atoms with Crippen molar-refractivity contribution in [2.75, 3.05) is 52.9 Å². The third-order valence-electron chi connectivity index (χ3n) is 5.44. The zero-order valence-electron chi connectivity index (χ0n) is 23.7. The van der Waals surface area contributed by atoms with E-state index in [0.717, 1.165) is 0 Å². The van der Waals surface area contributed by atoms with Gasteiger partial charge in [0.1, 0.15) is 62.5 Å². The van der Waals surface area contributed by atoms with Gasteiger partial charge in [-0.05, 0) is 20.8 Å². The standard InChI is InChI=1S/C27H42O14/c1-15(2)25(32)39-11-18(29)8-35-21(7-28)23-24(37-10-20(31)13-41-27(34)17(5)6)22(14-38-23)36-9-19(30)12-40-26(33)16(3)4/h18-24,28-31H,1,3,5,7-14H2,2,4,6H3/t18?,19?,20?,21-,22+,23-,24-/m1/s1. The highest BCUT2D eigenvalue weighted by atomic mass is 16.6. The summed E-state index contributed by atoms with van der Waals surface area (Å²) in [6, 6.07) is 0. The Morgan fingerprint density at radius 2 is 1.15 bits per heavy atom. The molecule has 1 saturated heterocycles. The van der Waals surface area contributed by atoms with E-state index in [4.69, 9.17) is 33.2 Å². The van der Waals surface area contributed by atoms with Crippen LogP contribution in [0, 0.1) is 0 Å². The Bertz CT molecular complexity index is 902. The van der Waals surface area contributed by atoms with E-state index < -0.39 is 67.2 Å².